The van der Waals surface area contributed by atoms with E-state index in [4.69, 9.17) is 8.53 Å². The number of carbonyl (C=O) groups is 1. The summed E-state index contributed by atoms with van der Waals surface area (Å²) in [4.78, 5) is 11.8. The highest BCUT2D eigenvalue weighted by Crippen LogP contribution is 2.14. The zero-order valence-electron chi connectivity index (χ0n) is 18.1. The maximum absolute atomic E-state index is 11.8. The molecule has 0 fully saturated rings. The summed E-state index contributed by atoms with van der Waals surface area (Å²) in [7, 11) is 0. The van der Waals surface area contributed by atoms with Gasteiger partial charge in [-0.25, -0.2) is 0 Å². The van der Waals surface area contributed by atoms with Crippen molar-refractivity contribution in [2.75, 3.05) is 6.61 Å². The normalized spacial score (nSPS) is 11.6. The first-order valence-corrected chi connectivity index (χ1v) is 12.0. The molecule has 0 amide bonds. The monoisotopic (exact) mass is 394 g/mol. The molecular formula is C23H43AlO3. The summed E-state index contributed by atoms with van der Waals surface area (Å²) < 4.78 is 10.1. The van der Waals surface area contributed by atoms with E-state index < -0.39 is 0 Å². The summed E-state index contributed by atoms with van der Waals surface area (Å²) in [6.07, 6.45) is 23.6. The molecule has 2 radical (unpaired) electrons. The SMILES string of the molecule is CCCCCCCCCCCCCCCCCCC(=O)/C=C(\[O][Al])OCC. The maximum Gasteiger partial charge on any atom is 0.485 e. The van der Waals surface area contributed by atoms with Crippen LogP contribution in [0.15, 0.2) is 12.0 Å². The Morgan fingerprint density at radius 2 is 1.11 bits per heavy atom. The number of unbranched alkanes of at least 4 members (excludes halogenated alkanes) is 15. The summed E-state index contributed by atoms with van der Waals surface area (Å²) in [6, 6.07) is 0. The highest BCUT2D eigenvalue weighted by molar-refractivity contribution is 5.99. The molecule has 0 aromatic carbocycles. The molecule has 3 nitrogen and oxygen atoms in total. The van der Waals surface area contributed by atoms with Gasteiger partial charge in [-0.15, -0.1) is 0 Å². The summed E-state index contributed by atoms with van der Waals surface area (Å²) in [6.45, 7) is 4.66. The van der Waals surface area contributed by atoms with Crippen molar-refractivity contribution >= 4 is 22.4 Å². The topological polar surface area (TPSA) is 35.5 Å². The Balaban J connectivity index is 3.28. The van der Waals surface area contributed by atoms with Crippen LogP contribution >= 0.6 is 0 Å². The van der Waals surface area contributed by atoms with Crippen LogP contribution in [-0.4, -0.2) is 29.0 Å². The van der Waals surface area contributed by atoms with Gasteiger partial charge in [-0.05, 0) is 13.3 Å². The van der Waals surface area contributed by atoms with Gasteiger partial charge in [-0.3, -0.25) is 4.79 Å². The molecule has 0 aromatic rings. The third kappa shape index (κ3) is 20.1. The minimum Gasteiger partial charge on any atom is -0.628 e. The van der Waals surface area contributed by atoms with Crippen LogP contribution in [0.1, 0.15) is 123 Å². The van der Waals surface area contributed by atoms with Crippen LogP contribution in [0.2, 0.25) is 0 Å². The second kappa shape index (κ2) is 21.8. The molecule has 0 spiro atoms. The Morgan fingerprint density at radius 3 is 1.48 bits per heavy atom. The van der Waals surface area contributed by atoms with Gasteiger partial charge in [-0.2, -0.15) is 0 Å². The number of carbonyl (C=O) groups excluding carboxylic acids is 1. The lowest BCUT2D eigenvalue weighted by Crippen LogP contribution is -2.01. The summed E-state index contributed by atoms with van der Waals surface area (Å²) in [5.41, 5.74) is 0. The molecule has 0 aliphatic rings. The van der Waals surface area contributed by atoms with E-state index >= 15 is 0 Å². The first-order valence-electron chi connectivity index (χ1n) is 11.5. The zero-order chi connectivity index (χ0) is 20.0. The molecular weight excluding hydrogens is 351 g/mol. The van der Waals surface area contributed by atoms with Gasteiger partial charge >= 0.3 is 16.6 Å². The van der Waals surface area contributed by atoms with E-state index in [1.165, 1.54) is 96.0 Å². The van der Waals surface area contributed by atoms with Crippen LogP contribution in [-0.2, 0) is 13.3 Å². The Hall–Kier alpha value is -0.458. The van der Waals surface area contributed by atoms with E-state index in [-0.39, 0.29) is 5.78 Å². The molecule has 0 unspecified atom stereocenters. The van der Waals surface area contributed by atoms with Crippen LogP contribution < -0.4 is 0 Å². The van der Waals surface area contributed by atoms with Gasteiger partial charge in [0.05, 0.1) is 12.7 Å². The third-order valence-corrected chi connectivity index (χ3v) is 5.19. The molecule has 0 aliphatic heterocycles. The van der Waals surface area contributed by atoms with Crippen molar-refractivity contribution in [3.8, 4) is 0 Å². The Labute approximate surface area is 177 Å². The van der Waals surface area contributed by atoms with Crippen molar-refractivity contribution in [2.45, 2.75) is 123 Å². The van der Waals surface area contributed by atoms with E-state index in [0.717, 1.165) is 12.8 Å². The average molecular weight is 395 g/mol. The van der Waals surface area contributed by atoms with Crippen LogP contribution in [0.3, 0.4) is 0 Å². The van der Waals surface area contributed by atoms with Crippen molar-refractivity contribution in [1.29, 1.82) is 0 Å². The number of hydrogen-bond acceptors (Lipinski definition) is 3. The van der Waals surface area contributed by atoms with E-state index in [1.54, 1.807) is 0 Å². The average Bonchev–Trinajstić information content (AvgIpc) is 2.67. The Morgan fingerprint density at radius 1 is 0.704 bits per heavy atom. The first kappa shape index (κ1) is 26.5. The number of ketones is 1. The molecule has 0 rings (SSSR count). The molecule has 0 saturated carbocycles. The molecule has 4 heteroatoms. The molecule has 0 saturated heterocycles. The first-order chi connectivity index (χ1) is 13.2. The number of rotatable bonds is 21. The Kier molecular flexibility index (Phi) is 21.5. The fourth-order valence-corrected chi connectivity index (χ4v) is 3.44. The molecule has 0 N–H and O–H groups in total. The molecule has 0 atom stereocenters. The van der Waals surface area contributed by atoms with Gasteiger partial charge in [-0.1, -0.05) is 103 Å². The number of ether oxygens (including phenoxy) is 1. The van der Waals surface area contributed by atoms with Crippen molar-refractivity contribution in [1.82, 2.24) is 0 Å². The van der Waals surface area contributed by atoms with Gasteiger partial charge in [0.25, 0.3) is 0 Å². The smallest absolute Gasteiger partial charge is 0.485 e. The van der Waals surface area contributed by atoms with Gasteiger partial charge in [0.15, 0.2) is 5.78 Å². The predicted molar refractivity (Wildman–Crippen MR) is 116 cm³/mol. The van der Waals surface area contributed by atoms with Crippen LogP contribution in [0, 0.1) is 0 Å². The molecule has 0 heterocycles. The standard InChI is InChI=1S/C23H44O3.Al/c1-3-5-6-7-8-9-10-11-12-13-14-15-16-17-18-19-20-22(24)21-23(25)26-4-2;/h21,25H,3-20H2,1-2H3;/q;+1/p-1/b23-21+;. The van der Waals surface area contributed by atoms with Gasteiger partial charge in [0.1, 0.15) is 0 Å². The third-order valence-electron chi connectivity index (χ3n) is 4.96. The molecule has 0 aliphatic carbocycles. The second-order valence-electron chi connectivity index (χ2n) is 7.53. The van der Waals surface area contributed by atoms with E-state index in [9.17, 15) is 4.79 Å². The molecule has 0 bridgehead atoms. The highest BCUT2D eigenvalue weighted by Gasteiger charge is 2.02. The molecule has 27 heavy (non-hydrogen) atoms. The van der Waals surface area contributed by atoms with Gasteiger partial charge in [0, 0.05) is 6.42 Å². The van der Waals surface area contributed by atoms with Gasteiger partial charge in [0.2, 0.25) is 5.95 Å². The fraction of sp³-hybridized carbons (Fsp3) is 0.870. The number of allylic oxidation sites excluding steroid dienone is 1. The van der Waals surface area contributed by atoms with Crippen LogP contribution in [0.4, 0.5) is 0 Å². The van der Waals surface area contributed by atoms with Crippen molar-refractivity contribution in [2.24, 2.45) is 0 Å². The molecule has 0 aromatic heterocycles. The van der Waals surface area contributed by atoms with Gasteiger partial charge < -0.3 is 8.53 Å². The van der Waals surface area contributed by atoms with Crippen LogP contribution in [0.5, 0.6) is 0 Å². The van der Waals surface area contributed by atoms with E-state index in [2.05, 4.69) is 23.5 Å². The minimum absolute atomic E-state index is 0.0891. The number of hydrogen-bond donors (Lipinski definition) is 0. The quantitative estimate of drug-likeness (QED) is 0.0894. The van der Waals surface area contributed by atoms with Crippen molar-refractivity contribution in [3.63, 3.8) is 0 Å². The maximum atomic E-state index is 11.8. The fourth-order valence-electron chi connectivity index (χ4n) is 3.30. The van der Waals surface area contributed by atoms with Crippen molar-refractivity contribution in [3.05, 3.63) is 12.0 Å². The zero-order valence-corrected chi connectivity index (χ0v) is 19.3. The van der Waals surface area contributed by atoms with Crippen molar-refractivity contribution < 1.29 is 13.3 Å². The highest BCUT2D eigenvalue weighted by atomic mass is 27.1. The van der Waals surface area contributed by atoms with E-state index in [0.29, 0.717) is 19.0 Å². The summed E-state index contributed by atoms with van der Waals surface area (Å²) in [5.74, 6) is 0.384. The summed E-state index contributed by atoms with van der Waals surface area (Å²) in [5, 5.41) is 0. The second-order valence-corrected chi connectivity index (χ2v) is 7.77. The largest absolute Gasteiger partial charge is 0.628 e. The van der Waals surface area contributed by atoms with Crippen LogP contribution in [0.25, 0.3) is 0 Å². The lowest BCUT2D eigenvalue weighted by Gasteiger charge is -2.08. The summed E-state index contributed by atoms with van der Waals surface area (Å²) >= 11 is 2.12. The molecule has 156 valence electrons. The lowest BCUT2D eigenvalue weighted by molar-refractivity contribution is -0.115. The lowest BCUT2D eigenvalue weighted by atomic mass is 10.0. The minimum atomic E-state index is 0.0891. The van der Waals surface area contributed by atoms with E-state index in [1.807, 2.05) is 6.92 Å². The predicted octanol–water partition coefficient (Wildman–Crippen LogP) is 7.19. The Bertz CT molecular complexity index is 356.